The predicted octanol–water partition coefficient (Wildman–Crippen LogP) is 4.45. The first-order chi connectivity index (χ1) is 14.0. The van der Waals surface area contributed by atoms with E-state index in [4.69, 9.17) is 31.2 Å². The normalized spacial score (nSPS) is 19.1. The van der Waals surface area contributed by atoms with E-state index in [1.807, 2.05) is 12.1 Å². The SMILES string of the molecule is CCOC(=O)C1=C(N)OC2=C(C(=O)CCC2)C1c1ccc(-c2ccc(Cl)cc2)o1. The number of halogens is 1. The third-order valence-corrected chi connectivity index (χ3v) is 5.27. The number of Topliss-reactive ketones (excluding diaryl/α,β-unsaturated/α-hetero) is 1. The Labute approximate surface area is 172 Å². The number of benzene rings is 1. The third kappa shape index (κ3) is 3.56. The monoisotopic (exact) mass is 413 g/mol. The van der Waals surface area contributed by atoms with Gasteiger partial charge in [0.1, 0.15) is 22.9 Å². The lowest BCUT2D eigenvalue weighted by Gasteiger charge is -2.31. The fourth-order valence-electron chi connectivity index (χ4n) is 3.73. The number of hydrogen-bond donors (Lipinski definition) is 1. The van der Waals surface area contributed by atoms with Crippen LogP contribution in [0.4, 0.5) is 0 Å². The summed E-state index contributed by atoms with van der Waals surface area (Å²) in [6.45, 7) is 1.88. The summed E-state index contributed by atoms with van der Waals surface area (Å²) < 4.78 is 16.9. The molecule has 4 rings (SSSR count). The second-order valence-electron chi connectivity index (χ2n) is 6.86. The largest absolute Gasteiger partial charge is 0.462 e. The van der Waals surface area contributed by atoms with Crippen molar-refractivity contribution in [1.82, 2.24) is 0 Å². The molecule has 1 unspecified atom stereocenters. The van der Waals surface area contributed by atoms with E-state index >= 15 is 0 Å². The van der Waals surface area contributed by atoms with Gasteiger partial charge in [-0.05, 0) is 49.7 Å². The highest BCUT2D eigenvalue weighted by molar-refractivity contribution is 6.30. The molecule has 1 aliphatic carbocycles. The smallest absolute Gasteiger partial charge is 0.340 e. The molecule has 7 heteroatoms. The first kappa shape index (κ1) is 19.3. The molecule has 1 aromatic heterocycles. The molecule has 0 radical (unpaired) electrons. The molecule has 2 aliphatic rings. The van der Waals surface area contributed by atoms with E-state index in [0.29, 0.717) is 47.1 Å². The number of ketones is 1. The molecule has 2 N–H and O–H groups in total. The van der Waals surface area contributed by atoms with Gasteiger partial charge in [0.25, 0.3) is 0 Å². The van der Waals surface area contributed by atoms with Crippen LogP contribution in [-0.4, -0.2) is 18.4 Å². The van der Waals surface area contributed by atoms with Crippen molar-refractivity contribution in [3.63, 3.8) is 0 Å². The van der Waals surface area contributed by atoms with Gasteiger partial charge < -0.3 is 19.6 Å². The summed E-state index contributed by atoms with van der Waals surface area (Å²) in [6, 6.07) is 10.7. The van der Waals surface area contributed by atoms with E-state index in [-0.39, 0.29) is 23.8 Å². The van der Waals surface area contributed by atoms with Crippen molar-refractivity contribution in [2.45, 2.75) is 32.1 Å². The Balaban J connectivity index is 1.81. The number of nitrogens with two attached hydrogens (primary N) is 1. The molecule has 0 spiro atoms. The van der Waals surface area contributed by atoms with Gasteiger partial charge in [0.05, 0.1) is 12.5 Å². The van der Waals surface area contributed by atoms with Gasteiger partial charge >= 0.3 is 5.97 Å². The minimum Gasteiger partial charge on any atom is -0.462 e. The molecule has 2 heterocycles. The number of carbonyl (C=O) groups excluding carboxylic acids is 2. The molecular weight excluding hydrogens is 394 g/mol. The van der Waals surface area contributed by atoms with Crippen LogP contribution in [0.3, 0.4) is 0 Å². The van der Waals surface area contributed by atoms with Crippen LogP contribution in [0.1, 0.15) is 37.9 Å². The first-order valence-corrected chi connectivity index (χ1v) is 9.84. The van der Waals surface area contributed by atoms with Crippen LogP contribution in [0.5, 0.6) is 0 Å². The van der Waals surface area contributed by atoms with Crippen LogP contribution >= 0.6 is 11.6 Å². The maximum absolute atomic E-state index is 12.7. The average molecular weight is 414 g/mol. The van der Waals surface area contributed by atoms with Gasteiger partial charge in [-0.2, -0.15) is 0 Å². The van der Waals surface area contributed by atoms with Crippen LogP contribution < -0.4 is 5.73 Å². The number of allylic oxidation sites excluding steroid dienone is 2. The molecule has 2 aromatic rings. The van der Waals surface area contributed by atoms with E-state index in [0.717, 1.165) is 5.56 Å². The summed E-state index contributed by atoms with van der Waals surface area (Å²) in [7, 11) is 0. The van der Waals surface area contributed by atoms with E-state index in [1.165, 1.54) is 0 Å². The van der Waals surface area contributed by atoms with Crippen LogP contribution in [-0.2, 0) is 19.1 Å². The summed E-state index contributed by atoms with van der Waals surface area (Å²) in [4.78, 5) is 25.4. The van der Waals surface area contributed by atoms with Crippen molar-refractivity contribution in [3.8, 4) is 11.3 Å². The second kappa shape index (κ2) is 7.79. The zero-order valence-corrected chi connectivity index (χ0v) is 16.6. The van der Waals surface area contributed by atoms with E-state index in [2.05, 4.69) is 0 Å². The van der Waals surface area contributed by atoms with Crippen molar-refractivity contribution in [2.24, 2.45) is 5.73 Å². The fraction of sp³-hybridized carbons (Fsp3) is 0.273. The van der Waals surface area contributed by atoms with Crippen LogP contribution in [0, 0.1) is 0 Å². The minimum atomic E-state index is -0.758. The lowest BCUT2D eigenvalue weighted by molar-refractivity contribution is -0.139. The average Bonchev–Trinajstić information content (AvgIpc) is 3.17. The lowest BCUT2D eigenvalue weighted by Crippen LogP contribution is -2.31. The maximum Gasteiger partial charge on any atom is 0.340 e. The highest BCUT2D eigenvalue weighted by Crippen LogP contribution is 2.45. The molecule has 1 atom stereocenters. The Kier molecular flexibility index (Phi) is 5.20. The van der Waals surface area contributed by atoms with Crippen LogP contribution in [0.15, 0.2) is 63.6 Å². The minimum absolute atomic E-state index is 0.0497. The molecule has 150 valence electrons. The molecule has 6 nitrogen and oxygen atoms in total. The van der Waals surface area contributed by atoms with Crippen LogP contribution in [0.25, 0.3) is 11.3 Å². The van der Waals surface area contributed by atoms with Gasteiger partial charge in [-0.25, -0.2) is 4.79 Å². The molecule has 1 aliphatic heterocycles. The van der Waals surface area contributed by atoms with Gasteiger partial charge in [0.15, 0.2) is 5.78 Å². The zero-order valence-electron chi connectivity index (χ0n) is 15.9. The van der Waals surface area contributed by atoms with Crippen molar-refractivity contribution >= 4 is 23.4 Å². The Morgan fingerprint density at radius 2 is 1.97 bits per heavy atom. The molecule has 0 bridgehead atoms. The Morgan fingerprint density at radius 1 is 1.21 bits per heavy atom. The van der Waals surface area contributed by atoms with Gasteiger partial charge in [0, 0.05) is 29.0 Å². The van der Waals surface area contributed by atoms with Gasteiger partial charge in [-0.1, -0.05) is 11.6 Å². The number of esters is 1. The fourth-order valence-corrected chi connectivity index (χ4v) is 3.85. The standard InChI is InChI=1S/C22H20ClNO5/c1-2-27-22(26)20-19(18-14(25)4-3-5-16(18)29-21(20)24)17-11-10-15(28-17)12-6-8-13(23)9-7-12/h6-11,19H,2-5,24H2,1H3. The van der Waals surface area contributed by atoms with Gasteiger partial charge in [-0.15, -0.1) is 0 Å². The Hall–Kier alpha value is -2.99. The van der Waals surface area contributed by atoms with Crippen molar-refractivity contribution in [2.75, 3.05) is 6.61 Å². The van der Waals surface area contributed by atoms with Crippen molar-refractivity contribution in [1.29, 1.82) is 0 Å². The Morgan fingerprint density at radius 3 is 2.69 bits per heavy atom. The van der Waals surface area contributed by atoms with E-state index < -0.39 is 11.9 Å². The second-order valence-corrected chi connectivity index (χ2v) is 7.29. The number of hydrogen-bond acceptors (Lipinski definition) is 6. The summed E-state index contributed by atoms with van der Waals surface area (Å²) in [5.74, 6) is 0.0287. The summed E-state index contributed by atoms with van der Waals surface area (Å²) >= 11 is 5.96. The molecule has 1 aromatic carbocycles. The zero-order chi connectivity index (χ0) is 20.5. The molecule has 0 amide bonds. The number of furan rings is 1. The molecule has 0 saturated carbocycles. The summed E-state index contributed by atoms with van der Waals surface area (Å²) in [5.41, 5.74) is 7.42. The maximum atomic E-state index is 12.7. The van der Waals surface area contributed by atoms with E-state index in [9.17, 15) is 9.59 Å². The number of ether oxygens (including phenoxy) is 2. The molecule has 0 fully saturated rings. The third-order valence-electron chi connectivity index (χ3n) is 5.02. The number of rotatable bonds is 4. The topological polar surface area (TPSA) is 91.8 Å². The summed E-state index contributed by atoms with van der Waals surface area (Å²) in [6.07, 6.45) is 1.65. The van der Waals surface area contributed by atoms with Crippen LogP contribution in [0.2, 0.25) is 5.02 Å². The highest BCUT2D eigenvalue weighted by Gasteiger charge is 2.42. The van der Waals surface area contributed by atoms with E-state index in [1.54, 1.807) is 31.2 Å². The molecular formula is C22H20ClNO5. The number of carbonyl (C=O) groups is 2. The molecule has 29 heavy (non-hydrogen) atoms. The van der Waals surface area contributed by atoms with Crippen molar-refractivity contribution in [3.05, 3.63) is 70.0 Å². The molecule has 0 saturated heterocycles. The predicted molar refractivity (Wildman–Crippen MR) is 107 cm³/mol. The van der Waals surface area contributed by atoms with Crippen molar-refractivity contribution < 1.29 is 23.5 Å². The van der Waals surface area contributed by atoms with Gasteiger partial charge in [0.2, 0.25) is 5.88 Å². The summed E-state index contributed by atoms with van der Waals surface area (Å²) in [5, 5.41) is 0.618. The quantitative estimate of drug-likeness (QED) is 0.744. The van der Waals surface area contributed by atoms with Gasteiger partial charge in [-0.3, -0.25) is 4.79 Å². The lowest BCUT2D eigenvalue weighted by atomic mass is 9.79. The first-order valence-electron chi connectivity index (χ1n) is 9.46. The Bertz CT molecular complexity index is 1030. The highest BCUT2D eigenvalue weighted by atomic mass is 35.5.